The molecule has 8 heteroatoms. The molecule has 0 bridgehead atoms. The van der Waals surface area contributed by atoms with Crippen LogP contribution in [-0.2, 0) is 9.84 Å². The van der Waals surface area contributed by atoms with Crippen LogP contribution in [0.15, 0.2) is 59.5 Å². The van der Waals surface area contributed by atoms with Crippen LogP contribution in [0.3, 0.4) is 0 Å². The number of benzene rings is 2. The maximum absolute atomic E-state index is 13.2. The number of hydrogen-bond donors (Lipinski definition) is 0. The number of rotatable bonds is 4. The summed E-state index contributed by atoms with van der Waals surface area (Å²) in [5.74, 6) is -0.645. The summed E-state index contributed by atoms with van der Waals surface area (Å²) in [4.78, 5) is 14.2. The van der Waals surface area contributed by atoms with Crippen LogP contribution in [0.5, 0.6) is 0 Å². The van der Waals surface area contributed by atoms with E-state index in [1.807, 2.05) is 0 Å². The third-order valence-electron chi connectivity index (χ3n) is 3.98. The molecule has 0 N–H and O–H groups in total. The Bertz CT molecular complexity index is 1090. The molecule has 27 heavy (non-hydrogen) atoms. The molecular weight excluding hydrogens is 369 g/mol. The van der Waals surface area contributed by atoms with E-state index in [1.165, 1.54) is 46.0 Å². The first kappa shape index (κ1) is 18.8. The molecule has 1 aromatic heterocycles. The second-order valence-electron chi connectivity index (χ2n) is 6.30. The summed E-state index contributed by atoms with van der Waals surface area (Å²) in [5, 5.41) is 4.47. The van der Waals surface area contributed by atoms with E-state index < -0.39 is 9.84 Å². The minimum absolute atomic E-state index is 0.203. The van der Waals surface area contributed by atoms with Gasteiger partial charge in [-0.05, 0) is 42.5 Å². The minimum Gasteiger partial charge on any atom is -0.343 e. The van der Waals surface area contributed by atoms with Crippen molar-refractivity contribution in [1.82, 2.24) is 14.7 Å². The lowest BCUT2D eigenvalue weighted by Gasteiger charge is -2.11. The second kappa shape index (κ2) is 6.96. The van der Waals surface area contributed by atoms with Gasteiger partial charge < -0.3 is 4.90 Å². The smallest absolute Gasteiger partial charge is 0.272 e. The predicted molar refractivity (Wildman–Crippen MR) is 100 cm³/mol. The standard InChI is InChI=1S/C19H18FN3O3S/c1-22(2)19(24)18-12-17(13-4-10-16(11-5-13)27(3,25)26)21-23(18)15-8-6-14(20)7-9-15/h4-12H,1-3H3. The number of nitrogens with zero attached hydrogens (tertiary/aromatic N) is 3. The zero-order chi connectivity index (χ0) is 19.8. The van der Waals surface area contributed by atoms with E-state index in [0.717, 1.165) is 6.26 Å². The average Bonchev–Trinajstić information content (AvgIpc) is 3.06. The molecule has 140 valence electrons. The summed E-state index contributed by atoms with van der Waals surface area (Å²) in [7, 11) is -0.0386. The van der Waals surface area contributed by atoms with Crippen molar-refractivity contribution < 1.29 is 17.6 Å². The Balaban J connectivity index is 2.11. The van der Waals surface area contributed by atoms with Gasteiger partial charge in [0.15, 0.2) is 9.84 Å². The molecule has 0 unspecified atom stereocenters. The fourth-order valence-corrected chi connectivity index (χ4v) is 3.19. The summed E-state index contributed by atoms with van der Waals surface area (Å²) in [5.41, 5.74) is 2.02. The molecule has 0 atom stereocenters. The molecule has 2 aromatic carbocycles. The van der Waals surface area contributed by atoms with Crippen LogP contribution in [0.2, 0.25) is 0 Å². The van der Waals surface area contributed by atoms with Gasteiger partial charge in [-0.2, -0.15) is 5.10 Å². The van der Waals surface area contributed by atoms with Crippen LogP contribution in [0, 0.1) is 5.82 Å². The molecule has 0 spiro atoms. The zero-order valence-corrected chi connectivity index (χ0v) is 15.9. The molecule has 0 saturated carbocycles. The first-order chi connectivity index (χ1) is 12.7. The van der Waals surface area contributed by atoms with Crippen molar-refractivity contribution in [3.8, 4) is 16.9 Å². The first-order valence-electron chi connectivity index (χ1n) is 8.05. The number of sulfone groups is 1. The van der Waals surface area contributed by atoms with Crippen molar-refractivity contribution >= 4 is 15.7 Å². The molecule has 0 aliphatic rings. The molecule has 0 aliphatic heterocycles. The normalized spacial score (nSPS) is 11.4. The Labute approximate surface area is 156 Å². The predicted octanol–water partition coefficient (Wildman–Crippen LogP) is 2.78. The zero-order valence-electron chi connectivity index (χ0n) is 15.0. The van der Waals surface area contributed by atoms with Crippen molar-refractivity contribution in [3.05, 3.63) is 66.1 Å². The summed E-state index contributed by atoms with van der Waals surface area (Å²) in [6.07, 6.45) is 1.14. The highest BCUT2D eigenvalue weighted by Gasteiger charge is 2.19. The third-order valence-corrected chi connectivity index (χ3v) is 5.11. The van der Waals surface area contributed by atoms with Crippen molar-refractivity contribution in [2.45, 2.75) is 4.90 Å². The Morgan fingerprint density at radius 1 is 1.04 bits per heavy atom. The van der Waals surface area contributed by atoms with Gasteiger partial charge in [0.05, 0.1) is 16.3 Å². The van der Waals surface area contributed by atoms with Gasteiger partial charge >= 0.3 is 0 Å². The molecule has 3 rings (SSSR count). The number of hydrogen-bond acceptors (Lipinski definition) is 4. The number of halogens is 1. The van der Waals surface area contributed by atoms with Crippen molar-refractivity contribution in [1.29, 1.82) is 0 Å². The molecule has 0 aliphatic carbocycles. The van der Waals surface area contributed by atoms with E-state index in [2.05, 4.69) is 5.10 Å². The third kappa shape index (κ3) is 3.90. The largest absolute Gasteiger partial charge is 0.343 e. The van der Waals surface area contributed by atoms with Crippen molar-refractivity contribution in [2.75, 3.05) is 20.4 Å². The maximum Gasteiger partial charge on any atom is 0.272 e. The number of aromatic nitrogens is 2. The summed E-state index contributed by atoms with van der Waals surface area (Å²) >= 11 is 0. The maximum atomic E-state index is 13.2. The summed E-state index contributed by atoms with van der Waals surface area (Å²) < 4.78 is 37.9. The van der Waals surface area contributed by atoms with E-state index in [-0.39, 0.29) is 16.6 Å². The van der Waals surface area contributed by atoms with Gasteiger partial charge in [-0.25, -0.2) is 17.5 Å². The highest BCUT2D eigenvalue weighted by Crippen LogP contribution is 2.24. The molecule has 1 heterocycles. The lowest BCUT2D eigenvalue weighted by molar-refractivity contribution is 0.0819. The second-order valence-corrected chi connectivity index (χ2v) is 8.31. The summed E-state index contributed by atoms with van der Waals surface area (Å²) in [6.45, 7) is 0. The van der Waals surface area contributed by atoms with Crippen molar-refractivity contribution in [3.63, 3.8) is 0 Å². The van der Waals surface area contributed by atoms with Crippen LogP contribution in [-0.4, -0.2) is 49.4 Å². The van der Waals surface area contributed by atoms with Gasteiger partial charge in [0, 0.05) is 25.9 Å². The van der Waals surface area contributed by atoms with Crippen LogP contribution in [0.25, 0.3) is 16.9 Å². The molecule has 3 aromatic rings. The van der Waals surface area contributed by atoms with E-state index >= 15 is 0 Å². The number of carbonyl (C=O) groups excluding carboxylic acids is 1. The summed E-state index contributed by atoms with van der Waals surface area (Å²) in [6, 6.07) is 13.5. The SMILES string of the molecule is CN(C)C(=O)c1cc(-c2ccc(S(C)(=O)=O)cc2)nn1-c1ccc(F)cc1. The van der Waals surface area contributed by atoms with Crippen LogP contribution in [0.1, 0.15) is 10.5 Å². The average molecular weight is 387 g/mol. The minimum atomic E-state index is -3.30. The Morgan fingerprint density at radius 2 is 1.63 bits per heavy atom. The molecule has 1 amide bonds. The number of carbonyl (C=O) groups is 1. The van der Waals surface area contributed by atoms with Gasteiger partial charge in [-0.3, -0.25) is 4.79 Å². The Hall–Kier alpha value is -3.00. The van der Waals surface area contributed by atoms with Gasteiger partial charge in [-0.1, -0.05) is 12.1 Å². The van der Waals surface area contributed by atoms with E-state index in [1.54, 1.807) is 32.3 Å². The monoisotopic (exact) mass is 387 g/mol. The van der Waals surface area contributed by atoms with Crippen LogP contribution in [0.4, 0.5) is 4.39 Å². The first-order valence-corrected chi connectivity index (χ1v) is 9.94. The lowest BCUT2D eigenvalue weighted by atomic mass is 10.1. The lowest BCUT2D eigenvalue weighted by Crippen LogP contribution is -2.24. The van der Waals surface area contributed by atoms with Crippen LogP contribution < -0.4 is 0 Å². The molecule has 0 fully saturated rings. The molecule has 0 radical (unpaired) electrons. The van der Waals surface area contributed by atoms with E-state index in [4.69, 9.17) is 0 Å². The quantitative estimate of drug-likeness (QED) is 0.690. The fraction of sp³-hybridized carbons (Fsp3) is 0.158. The van der Waals surface area contributed by atoms with Gasteiger partial charge in [-0.15, -0.1) is 0 Å². The van der Waals surface area contributed by atoms with E-state index in [9.17, 15) is 17.6 Å². The molecule has 0 saturated heterocycles. The van der Waals surface area contributed by atoms with E-state index in [0.29, 0.717) is 22.6 Å². The number of amides is 1. The van der Waals surface area contributed by atoms with Crippen LogP contribution >= 0.6 is 0 Å². The highest BCUT2D eigenvalue weighted by atomic mass is 32.2. The Morgan fingerprint density at radius 3 is 2.15 bits per heavy atom. The van der Waals surface area contributed by atoms with Gasteiger partial charge in [0.25, 0.3) is 5.91 Å². The topological polar surface area (TPSA) is 72.3 Å². The molecule has 6 nitrogen and oxygen atoms in total. The van der Waals surface area contributed by atoms with Gasteiger partial charge in [0.2, 0.25) is 0 Å². The van der Waals surface area contributed by atoms with Gasteiger partial charge in [0.1, 0.15) is 11.5 Å². The molecular formula is C19H18FN3O3S. The highest BCUT2D eigenvalue weighted by molar-refractivity contribution is 7.90. The van der Waals surface area contributed by atoms with Crippen molar-refractivity contribution in [2.24, 2.45) is 0 Å². The Kier molecular flexibility index (Phi) is 4.84. The fourth-order valence-electron chi connectivity index (χ4n) is 2.56.